The van der Waals surface area contributed by atoms with Crippen LogP contribution in [0.15, 0.2) is 48.5 Å². The molecule has 2 amide bonds. The summed E-state index contributed by atoms with van der Waals surface area (Å²) < 4.78 is 12.1. The maximum absolute atomic E-state index is 13.6. The van der Waals surface area contributed by atoms with E-state index in [1.807, 2.05) is 69.3 Å². The lowest BCUT2D eigenvalue weighted by atomic mass is 9.95. The van der Waals surface area contributed by atoms with Gasteiger partial charge in [0.2, 0.25) is 11.8 Å². The van der Waals surface area contributed by atoms with E-state index in [2.05, 4.69) is 15.6 Å². The first kappa shape index (κ1) is 28.0. The van der Waals surface area contributed by atoms with E-state index in [0.717, 1.165) is 11.1 Å². The fourth-order valence-corrected chi connectivity index (χ4v) is 4.74. The number of nitrogens with one attached hydrogen (secondary N) is 1. The number of rotatable bonds is 10. The lowest BCUT2D eigenvalue weighted by Crippen LogP contribution is -2.35. The fraction of sp³-hybridized carbons (Fsp3) is 0.414. The fourth-order valence-electron chi connectivity index (χ4n) is 4.74. The van der Waals surface area contributed by atoms with Gasteiger partial charge in [-0.3, -0.25) is 14.4 Å². The van der Waals surface area contributed by atoms with Crippen molar-refractivity contribution >= 4 is 23.5 Å². The van der Waals surface area contributed by atoms with Crippen molar-refractivity contribution < 1.29 is 23.9 Å². The predicted octanol–water partition coefficient (Wildman–Crippen LogP) is 3.73. The van der Waals surface area contributed by atoms with Crippen molar-refractivity contribution in [2.24, 2.45) is 0 Å². The number of fused-ring (bicyclic) bond motifs is 5. The van der Waals surface area contributed by atoms with E-state index in [4.69, 9.17) is 9.47 Å². The molecular formula is C29H35N5O5. The van der Waals surface area contributed by atoms with E-state index < -0.39 is 5.97 Å². The van der Waals surface area contributed by atoms with Gasteiger partial charge >= 0.3 is 5.97 Å². The molecule has 10 nitrogen and oxygen atoms in total. The first-order chi connectivity index (χ1) is 18.7. The number of para-hydroxylation sites is 1. The minimum absolute atomic E-state index is 0.0546. The Morgan fingerprint density at radius 3 is 2.49 bits per heavy atom. The molecule has 0 radical (unpaired) electrons. The van der Waals surface area contributed by atoms with Crippen molar-refractivity contribution in [2.75, 3.05) is 25.2 Å². The molecule has 4 rings (SSSR count). The number of hydrogen-bond acceptors (Lipinski definition) is 7. The van der Waals surface area contributed by atoms with Crippen LogP contribution in [0, 0.1) is 0 Å². The van der Waals surface area contributed by atoms with Crippen molar-refractivity contribution in [3.8, 4) is 22.5 Å². The van der Waals surface area contributed by atoms with Crippen LogP contribution in [0.2, 0.25) is 0 Å². The summed E-state index contributed by atoms with van der Waals surface area (Å²) in [5.74, 6) is -0.788. The molecule has 0 bridgehead atoms. The second-order valence-electron chi connectivity index (χ2n) is 9.97. The number of nitrogens with zero attached hydrogens (tertiary/aromatic N) is 4. The monoisotopic (exact) mass is 533 g/mol. The van der Waals surface area contributed by atoms with E-state index in [9.17, 15) is 14.4 Å². The molecule has 10 heteroatoms. The van der Waals surface area contributed by atoms with E-state index >= 15 is 0 Å². The number of benzene rings is 2. The van der Waals surface area contributed by atoms with Crippen molar-refractivity contribution in [3.05, 3.63) is 54.1 Å². The third-order valence-corrected chi connectivity index (χ3v) is 6.74. The van der Waals surface area contributed by atoms with Gasteiger partial charge in [-0.15, -0.1) is 5.10 Å². The Morgan fingerprint density at radius 1 is 1.03 bits per heavy atom. The van der Waals surface area contributed by atoms with Gasteiger partial charge in [-0.1, -0.05) is 47.7 Å². The molecule has 1 aliphatic rings. The molecule has 0 unspecified atom stereocenters. The van der Waals surface area contributed by atoms with E-state index in [0.29, 0.717) is 48.8 Å². The van der Waals surface area contributed by atoms with Crippen LogP contribution in [0.25, 0.3) is 22.5 Å². The van der Waals surface area contributed by atoms with Crippen LogP contribution < -0.4 is 10.2 Å². The van der Waals surface area contributed by atoms with E-state index in [1.54, 1.807) is 4.90 Å². The molecule has 0 spiro atoms. The van der Waals surface area contributed by atoms with Crippen molar-refractivity contribution in [2.45, 2.75) is 58.7 Å². The minimum Gasteiger partial charge on any atom is -0.468 e. The number of amides is 2. The molecule has 1 aromatic heterocycles. The van der Waals surface area contributed by atoms with E-state index in [-0.39, 0.29) is 36.8 Å². The molecule has 39 heavy (non-hydrogen) atoms. The maximum Gasteiger partial charge on any atom is 0.327 e. The summed E-state index contributed by atoms with van der Waals surface area (Å²) in [6.45, 7) is 7.21. The predicted molar refractivity (Wildman–Crippen MR) is 147 cm³/mol. The summed E-state index contributed by atoms with van der Waals surface area (Å²) in [6, 6.07) is 15.1. The van der Waals surface area contributed by atoms with Crippen LogP contribution in [0.5, 0.6) is 0 Å². The van der Waals surface area contributed by atoms with Crippen LogP contribution in [0.3, 0.4) is 0 Å². The summed E-state index contributed by atoms with van der Waals surface area (Å²) in [7, 11) is 1.33. The lowest BCUT2D eigenvalue weighted by Gasteiger charge is -2.28. The normalized spacial score (nSPS) is 12.5. The minimum atomic E-state index is -0.438. The second kappa shape index (κ2) is 12.2. The van der Waals surface area contributed by atoms with Crippen molar-refractivity contribution in [1.82, 2.24) is 20.3 Å². The van der Waals surface area contributed by atoms with Crippen molar-refractivity contribution in [1.29, 1.82) is 0 Å². The average molecular weight is 534 g/mol. The summed E-state index contributed by atoms with van der Waals surface area (Å²) in [5.41, 5.74) is 4.01. The summed E-state index contributed by atoms with van der Waals surface area (Å²) in [5, 5.41) is 11.6. The Labute approximate surface area is 228 Å². The van der Waals surface area contributed by atoms with Crippen molar-refractivity contribution in [3.63, 3.8) is 0 Å². The number of anilines is 1. The van der Waals surface area contributed by atoms with E-state index in [1.165, 1.54) is 11.8 Å². The molecule has 3 aromatic rings. The smallest absolute Gasteiger partial charge is 0.327 e. The Balaban J connectivity index is 1.58. The van der Waals surface area contributed by atoms with Gasteiger partial charge in [0.25, 0.3) is 0 Å². The van der Waals surface area contributed by atoms with Gasteiger partial charge in [0.05, 0.1) is 30.6 Å². The first-order valence-electron chi connectivity index (χ1n) is 13.1. The molecule has 0 aliphatic carbocycles. The Hall–Kier alpha value is -4.05. The molecule has 206 valence electrons. The van der Waals surface area contributed by atoms with Crippen LogP contribution in [-0.4, -0.2) is 58.6 Å². The molecule has 2 heterocycles. The topological polar surface area (TPSA) is 116 Å². The number of ether oxygens (including phenoxy) is 2. The largest absolute Gasteiger partial charge is 0.468 e. The van der Waals surface area contributed by atoms with Crippen LogP contribution in [0.1, 0.15) is 45.6 Å². The zero-order valence-electron chi connectivity index (χ0n) is 22.9. The van der Waals surface area contributed by atoms with Gasteiger partial charge in [-0.2, -0.15) is 0 Å². The molecule has 2 aromatic carbocycles. The van der Waals surface area contributed by atoms with Gasteiger partial charge in [-0.05, 0) is 38.8 Å². The molecule has 1 N–H and O–H groups in total. The molecule has 0 fully saturated rings. The Bertz CT molecular complexity index is 1350. The van der Waals surface area contributed by atoms with Gasteiger partial charge in [0.1, 0.15) is 12.2 Å². The average Bonchev–Trinajstić information content (AvgIpc) is 3.31. The number of methoxy groups -OCH3 is 1. The van der Waals surface area contributed by atoms with Gasteiger partial charge in [0, 0.05) is 37.1 Å². The molecule has 0 saturated heterocycles. The number of hydrogen-bond donors (Lipinski definition) is 1. The van der Waals surface area contributed by atoms with Crippen LogP contribution >= 0.6 is 0 Å². The summed E-state index contributed by atoms with van der Waals surface area (Å²) in [4.78, 5) is 39.9. The Morgan fingerprint density at radius 2 is 1.74 bits per heavy atom. The van der Waals surface area contributed by atoms with Gasteiger partial charge < -0.3 is 19.7 Å². The highest BCUT2D eigenvalue weighted by atomic mass is 16.5. The first-order valence-corrected chi connectivity index (χ1v) is 13.1. The number of carbonyl (C=O) groups excluding carboxylic acids is 3. The number of esters is 1. The van der Waals surface area contributed by atoms with Gasteiger partial charge in [0.15, 0.2) is 0 Å². The Kier molecular flexibility index (Phi) is 8.75. The highest BCUT2D eigenvalue weighted by molar-refractivity contribution is 6.01. The van der Waals surface area contributed by atoms with Gasteiger partial charge in [-0.25, -0.2) is 4.68 Å². The second-order valence-corrected chi connectivity index (χ2v) is 9.97. The molecular weight excluding hydrogens is 498 g/mol. The van der Waals surface area contributed by atoms with Crippen LogP contribution in [0.4, 0.5) is 5.69 Å². The van der Waals surface area contributed by atoms with Crippen LogP contribution in [-0.2, 0) is 36.9 Å². The zero-order chi connectivity index (χ0) is 28.0. The quantitative estimate of drug-likeness (QED) is 0.395. The highest BCUT2D eigenvalue weighted by Gasteiger charge is 2.29. The highest BCUT2D eigenvalue weighted by Crippen LogP contribution is 2.41. The third-order valence-electron chi connectivity index (χ3n) is 6.74. The SMILES string of the molecule is CCOC(C)(C)CCNC(=O)CCC(=O)N1Cc2ccccc2-c2c(nnn2CC(=O)OC)-c2ccccc21. The lowest BCUT2D eigenvalue weighted by molar-refractivity contribution is -0.141. The summed E-state index contributed by atoms with van der Waals surface area (Å²) >= 11 is 0. The zero-order valence-corrected chi connectivity index (χ0v) is 22.9. The molecule has 0 saturated carbocycles. The number of aromatic nitrogens is 3. The molecule has 0 atom stereocenters. The number of carbonyl (C=O) groups is 3. The standard InChI is InChI=1S/C29H35N5O5/c1-5-39-29(2,3)16-17-30-24(35)14-15-25(36)33-18-20-10-6-7-11-21(20)28-27(22-12-8-9-13-23(22)33)31-32-34(28)19-26(37)38-4/h6-13H,5,14-19H2,1-4H3,(H,30,35). The molecule has 1 aliphatic heterocycles. The third kappa shape index (κ3) is 6.51. The summed E-state index contributed by atoms with van der Waals surface area (Å²) in [6.07, 6.45) is 0.809. The maximum atomic E-state index is 13.6.